The Balaban J connectivity index is 1.47. The van der Waals surface area contributed by atoms with Crippen LogP contribution in [0, 0.1) is 5.92 Å². The average Bonchev–Trinajstić information content (AvgIpc) is 3.30. The summed E-state index contributed by atoms with van der Waals surface area (Å²) in [6.45, 7) is 5.78. The average molecular weight is 452 g/mol. The molecule has 3 heterocycles. The SMILES string of the molecule is CC(C)COC(=O)Nc1cccc(Cc2nn(-c3cnn(C4CCOCC4)c3)ccc2=O)c1. The molecule has 1 amide bonds. The Hall–Kier alpha value is -3.46. The molecule has 3 aromatic rings. The zero-order valence-corrected chi connectivity index (χ0v) is 18.9. The molecule has 0 unspecified atom stereocenters. The van der Waals surface area contributed by atoms with Crippen LogP contribution in [-0.4, -0.2) is 45.5 Å². The second-order valence-electron chi connectivity index (χ2n) is 8.59. The third-order valence-corrected chi connectivity index (χ3v) is 5.39. The molecule has 2 aromatic heterocycles. The molecule has 1 N–H and O–H groups in total. The number of amides is 1. The van der Waals surface area contributed by atoms with Gasteiger partial charge in [-0.3, -0.25) is 14.8 Å². The first-order chi connectivity index (χ1) is 16.0. The smallest absolute Gasteiger partial charge is 0.411 e. The lowest BCUT2D eigenvalue weighted by atomic mass is 10.1. The van der Waals surface area contributed by atoms with Crippen molar-refractivity contribution >= 4 is 11.8 Å². The molecule has 0 bridgehead atoms. The third-order valence-electron chi connectivity index (χ3n) is 5.39. The molecule has 0 radical (unpaired) electrons. The summed E-state index contributed by atoms with van der Waals surface area (Å²) in [5, 5.41) is 11.8. The lowest BCUT2D eigenvalue weighted by molar-refractivity contribution is 0.0662. The van der Waals surface area contributed by atoms with Crippen molar-refractivity contribution in [3.05, 3.63) is 70.4 Å². The third kappa shape index (κ3) is 6.07. The van der Waals surface area contributed by atoms with E-state index in [9.17, 15) is 9.59 Å². The molecule has 1 saturated heterocycles. The fraction of sp³-hybridized carbons (Fsp3) is 0.417. The fourth-order valence-corrected chi connectivity index (χ4v) is 3.66. The van der Waals surface area contributed by atoms with Crippen molar-refractivity contribution < 1.29 is 14.3 Å². The summed E-state index contributed by atoms with van der Waals surface area (Å²) in [6.07, 6.45) is 7.06. The van der Waals surface area contributed by atoms with Gasteiger partial charge in [-0.05, 0) is 36.5 Å². The van der Waals surface area contributed by atoms with Crippen molar-refractivity contribution in [1.82, 2.24) is 19.6 Å². The lowest BCUT2D eigenvalue weighted by Crippen LogP contribution is -2.20. The van der Waals surface area contributed by atoms with E-state index in [1.54, 1.807) is 23.1 Å². The predicted octanol–water partition coefficient (Wildman–Crippen LogP) is 3.58. The fourth-order valence-electron chi connectivity index (χ4n) is 3.66. The van der Waals surface area contributed by atoms with E-state index in [0.717, 1.165) is 37.3 Å². The van der Waals surface area contributed by atoms with Gasteiger partial charge in [0.05, 0.1) is 25.0 Å². The highest BCUT2D eigenvalue weighted by atomic mass is 16.5. The number of hydrogen-bond donors (Lipinski definition) is 1. The molecule has 1 aliphatic rings. The van der Waals surface area contributed by atoms with Gasteiger partial charge in [-0.25, -0.2) is 9.48 Å². The van der Waals surface area contributed by atoms with E-state index in [1.807, 2.05) is 42.9 Å². The molecular formula is C24H29N5O4. The van der Waals surface area contributed by atoms with Gasteiger partial charge < -0.3 is 9.47 Å². The van der Waals surface area contributed by atoms with Crippen molar-refractivity contribution in [2.75, 3.05) is 25.1 Å². The first kappa shape index (κ1) is 22.7. The maximum atomic E-state index is 12.5. The van der Waals surface area contributed by atoms with E-state index in [2.05, 4.69) is 15.5 Å². The Morgan fingerprint density at radius 1 is 1.27 bits per heavy atom. The number of carbonyl (C=O) groups is 1. The molecule has 0 aliphatic carbocycles. The van der Waals surface area contributed by atoms with Crippen LogP contribution in [0.1, 0.15) is 44.0 Å². The van der Waals surface area contributed by atoms with Crippen LogP contribution in [-0.2, 0) is 15.9 Å². The number of nitrogens with one attached hydrogen (secondary N) is 1. The van der Waals surface area contributed by atoms with Crippen LogP contribution in [0.25, 0.3) is 5.69 Å². The molecule has 0 atom stereocenters. The van der Waals surface area contributed by atoms with Crippen LogP contribution in [0.2, 0.25) is 0 Å². The molecule has 9 nitrogen and oxygen atoms in total. The predicted molar refractivity (Wildman–Crippen MR) is 124 cm³/mol. The van der Waals surface area contributed by atoms with Crippen molar-refractivity contribution in [2.45, 2.75) is 39.2 Å². The molecule has 174 valence electrons. The Morgan fingerprint density at radius 2 is 2.09 bits per heavy atom. The Morgan fingerprint density at radius 3 is 2.88 bits per heavy atom. The van der Waals surface area contributed by atoms with Gasteiger partial charge in [0.1, 0.15) is 11.4 Å². The van der Waals surface area contributed by atoms with Crippen LogP contribution < -0.4 is 10.7 Å². The highest BCUT2D eigenvalue weighted by Gasteiger charge is 2.17. The summed E-state index contributed by atoms with van der Waals surface area (Å²) in [7, 11) is 0. The minimum atomic E-state index is -0.498. The first-order valence-electron chi connectivity index (χ1n) is 11.2. The zero-order chi connectivity index (χ0) is 23.2. The van der Waals surface area contributed by atoms with Crippen molar-refractivity contribution in [3.63, 3.8) is 0 Å². The number of rotatable bonds is 7. The highest BCUT2D eigenvalue weighted by molar-refractivity contribution is 5.84. The van der Waals surface area contributed by atoms with E-state index < -0.39 is 6.09 Å². The summed E-state index contributed by atoms with van der Waals surface area (Å²) in [6, 6.07) is 9.15. The van der Waals surface area contributed by atoms with E-state index in [0.29, 0.717) is 30.5 Å². The van der Waals surface area contributed by atoms with Crippen molar-refractivity contribution in [2.24, 2.45) is 5.92 Å². The number of anilines is 1. The molecule has 0 spiro atoms. The second kappa shape index (κ2) is 10.4. The van der Waals surface area contributed by atoms with Gasteiger partial charge in [-0.15, -0.1) is 0 Å². The van der Waals surface area contributed by atoms with Crippen LogP contribution >= 0.6 is 0 Å². The van der Waals surface area contributed by atoms with Gasteiger partial charge in [-0.2, -0.15) is 10.2 Å². The molecule has 1 aliphatic heterocycles. The van der Waals surface area contributed by atoms with Crippen LogP contribution in [0.5, 0.6) is 0 Å². The number of hydrogen-bond acceptors (Lipinski definition) is 6. The first-order valence-corrected chi connectivity index (χ1v) is 11.2. The van der Waals surface area contributed by atoms with E-state index in [1.165, 1.54) is 6.07 Å². The number of carbonyl (C=O) groups excluding carboxylic acids is 1. The number of nitrogens with zero attached hydrogens (tertiary/aromatic N) is 4. The van der Waals surface area contributed by atoms with E-state index >= 15 is 0 Å². The maximum Gasteiger partial charge on any atom is 0.411 e. The monoisotopic (exact) mass is 451 g/mol. The van der Waals surface area contributed by atoms with Gasteiger partial charge in [0.2, 0.25) is 5.43 Å². The van der Waals surface area contributed by atoms with E-state index in [-0.39, 0.29) is 11.3 Å². The van der Waals surface area contributed by atoms with Gasteiger partial charge in [-0.1, -0.05) is 26.0 Å². The topological polar surface area (TPSA) is 100 Å². The van der Waals surface area contributed by atoms with Gasteiger partial charge in [0.25, 0.3) is 0 Å². The lowest BCUT2D eigenvalue weighted by Gasteiger charge is -2.22. The summed E-state index contributed by atoms with van der Waals surface area (Å²) < 4.78 is 14.2. The Bertz CT molecular complexity index is 1150. The van der Waals surface area contributed by atoms with Crippen LogP contribution in [0.4, 0.5) is 10.5 Å². The largest absolute Gasteiger partial charge is 0.449 e. The molecule has 9 heteroatoms. The molecule has 4 rings (SSSR count). The summed E-state index contributed by atoms with van der Waals surface area (Å²) in [5.41, 5.74) is 2.53. The van der Waals surface area contributed by atoms with Crippen molar-refractivity contribution in [1.29, 1.82) is 0 Å². The molecule has 1 fully saturated rings. The number of aromatic nitrogens is 4. The highest BCUT2D eigenvalue weighted by Crippen LogP contribution is 2.21. The van der Waals surface area contributed by atoms with Crippen LogP contribution in [0.15, 0.2) is 53.7 Å². The standard InChI is InChI=1S/C24H29N5O4/c1-17(2)16-33-24(31)26-19-5-3-4-18(12-19)13-22-23(30)6-9-28(27-22)21-14-25-29(15-21)20-7-10-32-11-8-20/h3-6,9,12,14-15,17,20H,7-8,10-11,13,16H2,1-2H3,(H,26,31). The minimum Gasteiger partial charge on any atom is -0.449 e. The molecule has 0 saturated carbocycles. The summed E-state index contributed by atoms with van der Waals surface area (Å²) in [4.78, 5) is 24.4. The van der Waals surface area contributed by atoms with Gasteiger partial charge in [0, 0.05) is 37.6 Å². The zero-order valence-electron chi connectivity index (χ0n) is 18.9. The number of ether oxygens (including phenoxy) is 2. The summed E-state index contributed by atoms with van der Waals surface area (Å²) >= 11 is 0. The maximum absolute atomic E-state index is 12.5. The Kier molecular flexibility index (Phi) is 7.19. The van der Waals surface area contributed by atoms with Crippen molar-refractivity contribution in [3.8, 4) is 5.69 Å². The van der Waals surface area contributed by atoms with Gasteiger partial charge in [0.15, 0.2) is 0 Å². The molecule has 33 heavy (non-hydrogen) atoms. The van der Waals surface area contributed by atoms with E-state index in [4.69, 9.17) is 9.47 Å². The summed E-state index contributed by atoms with van der Waals surface area (Å²) in [5.74, 6) is 0.261. The van der Waals surface area contributed by atoms with Gasteiger partial charge >= 0.3 is 6.09 Å². The normalized spacial score (nSPS) is 14.4. The van der Waals surface area contributed by atoms with Crippen LogP contribution in [0.3, 0.4) is 0 Å². The number of benzene rings is 1. The Labute approximate surface area is 192 Å². The molecule has 1 aromatic carbocycles. The minimum absolute atomic E-state index is 0.141. The molecular weight excluding hydrogens is 422 g/mol. The quantitative estimate of drug-likeness (QED) is 0.589. The second-order valence-corrected chi connectivity index (χ2v) is 8.59.